The summed E-state index contributed by atoms with van der Waals surface area (Å²) < 4.78 is 38.1. The molecule has 1 amide bonds. The summed E-state index contributed by atoms with van der Waals surface area (Å²) in [5.41, 5.74) is 1.71. The van der Waals surface area contributed by atoms with Gasteiger partial charge in [-0.2, -0.15) is 12.6 Å². The molecule has 0 aliphatic heterocycles. The molecule has 2 aromatic carbocycles. The van der Waals surface area contributed by atoms with E-state index in [9.17, 15) is 17.8 Å². The van der Waals surface area contributed by atoms with Crippen LogP contribution in [0.5, 0.6) is 0 Å². The summed E-state index contributed by atoms with van der Waals surface area (Å²) in [6.45, 7) is 0. The number of carbonyl (C=O) groups is 1. The molecule has 0 aliphatic rings. The zero-order valence-corrected chi connectivity index (χ0v) is 18.2. The second kappa shape index (κ2) is 9.22. The van der Waals surface area contributed by atoms with Gasteiger partial charge in [0.25, 0.3) is 0 Å². The monoisotopic (exact) mass is 414 g/mol. The molecule has 1 heterocycles. The fourth-order valence-electron chi connectivity index (χ4n) is 2.51. The zero-order valence-electron chi connectivity index (χ0n) is 14.5. The van der Waals surface area contributed by atoms with Gasteiger partial charge in [-0.15, -0.1) is 0 Å². The van der Waals surface area contributed by atoms with Crippen molar-refractivity contribution in [1.82, 2.24) is 5.16 Å². The Morgan fingerprint density at radius 2 is 1.85 bits per heavy atom. The fourth-order valence-corrected chi connectivity index (χ4v) is 3.27. The summed E-state index contributed by atoms with van der Waals surface area (Å²) in [5.74, 6) is -0.459. The third-order valence-corrected chi connectivity index (χ3v) is 5.18. The van der Waals surface area contributed by atoms with Crippen LogP contribution in [0.15, 0.2) is 57.9 Å². The first-order valence-corrected chi connectivity index (χ1v) is 9.73. The molecule has 1 atom stereocenters. The van der Waals surface area contributed by atoms with Gasteiger partial charge in [0.1, 0.15) is 10.1 Å². The summed E-state index contributed by atoms with van der Waals surface area (Å²) in [5, 5.41) is 7.55. The van der Waals surface area contributed by atoms with Crippen molar-refractivity contribution in [2.24, 2.45) is 5.92 Å². The predicted molar refractivity (Wildman–Crippen MR) is 98.1 cm³/mol. The van der Waals surface area contributed by atoms with Crippen molar-refractivity contribution in [3.63, 3.8) is 0 Å². The minimum atomic E-state index is -4.52. The van der Waals surface area contributed by atoms with E-state index in [2.05, 4.69) is 23.1 Å². The number of para-hydroxylation sites is 1. The molecule has 0 fully saturated rings. The normalized spacial score (nSPS) is 12.4. The Bertz CT molecular complexity index is 1030. The van der Waals surface area contributed by atoms with E-state index in [4.69, 9.17) is 4.52 Å². The Kier molecular flexibility index (Phi) is 7.49. The average Bonchev–Trinajstić information content (AvgIpc) is 3.02. The van der Waals surface area contributed by atoms with E-state index in [1.54, 1.807) is 6.07 Å². The number of fused-ring (bicyclic) bond motifs is 1. The summed E-state index contributed by atoms with van der Waals surface area (Å²) in [7, 11) is -4.52. The Hall–Kier alpha value is -1.36. The van der Waals surface area contributed by atoms with Gasteiger partial charge in [-0.3, -0.25) is 4.79 Å². The summed E-state index contributed by atoms with van der Waals surface area (Å²) >= 11 is 4.24. The van der Waals surface area contributed by atoms with Gasteiger partial charge in [-0.05, 0) is 36.4 Å². The summed E-state index contributed by atoms with van der Waals surface area (Å²) in [6, 6.07) is 12.4. The van der Waals surface area contributed by atoms with Gasteiger partial charge in [0, 0.05) is 23.2 Å². The predicted octanol–water partition coefficient (Wildman–Crippen LogP) is -0.537. The second-order valence-electron chi connectivity index (χ2n) is 5.68. The molecule has 0 radical (unpaired) electrons. The number of benzene rings is 2. The molecule has 27 heavy (non-hydrogen) atoms. The molecular formula is C17H15N2NaO5S2. The standard InChI is InChI=1S/C17H16N2O5S2.Na/c20-17(18-12-5-7-13(8-6-12)26(21,22)23)11(10-25)9-15-14-3-1-2-4-16(14)24-19-15;/h1-8,11,25H,9-10H2,(H,18,20)(H,21,22,23);/q;+1/p-1. The Labute approximate surface area is 184 Å². The molecule has 0 spiro atoms. The number of amides is 1. The van der Waals surface area contributed by atoms with E-state index in [-0.39, 0.29) is 40.4 Å². The fraction of sp³-hybridized carbons (Fsp3) is 0.176. The van der Waals surface area contributed by atoms with E-state index < -0.39 is 16.0 Å². The Morgan fingerprint density at radius 1 is 1.19 bits per heavy atom. The largest absolute Gasteiger partial charge is 1.00 e. The average molecular weight is 414 g/mol. The molecule has 136 valence electrons. The van der Waals surface area contributed by atoms with Crippen LogP contribution in [-0.4, -0.2) is 29.8 Å². The van der Waals surface area contributed by atoms with Crippen LogP contribution in [0, 0.1) is 5.92 Å². The molecule has 0 saturated carbocycles. The molecule has 7 nitrogen and oxygen atoms in total. The molecule has 3 rings (SSSR count). The Morgan fingerprint density at radius 3 is 2.48 bits per heavy atom. The number of hydrogen-bond donors (Lipinski definition) is 2. The van der Waals surface area contributed by atoms with Gasteiger partial charge in [0.2, 0.25) is 5.91 Å². The van der Waals surface area contributed by atoms with Gasteiger partial charge < -0.3 is 14.4 Å². The van der Waals surface area contributed by atoms with E-state index in [0.717, 1.165) is 17.5 Å². The maximum atomic E-state index is 12.5. The van der Waals surface area contributed by atoms with Crippen molar-refractivity contribution < 1.29 is 51.8 Å². The molecule has 1 N–H and O–H groups in total. The molecule has 0 aliphatic carbocycles. The Balaban J connectivity index is 0.00000261. The third-order valence-electron chi connectivity index (χ3n) is 3.89. The van der Waals surface area contributed by atoms with Crippen molar-refractivity contribution in [2.75, 3.05) is 11.1 Å². The van der Waals surface area contributed by atoms with Gasteiger partial charge >= 0.3 is 29.6 Å². The first kappa shape index (κ1) is 21.9. The van der Waals surface area contributed by atoms with Crippen LogP contribution < -0.4 is 34.9 Å². The van der Waals surface area contributed by atoms with Gasteiger partial charge in [-0.25, -0.2) is 8.42 Å². The zero-order chi connectivity index (χ0) is 18.7. The molecular weight excluding hydrogens is 399 g/mol. The smallest absolute Gasteiger partial charge is 0.744 e. The number of anilines is 1. The van der Waals surface area contributed by atoms with Crippen molar-refractivity contribution in [1.29, 1.82) is 0 Å². The number of aromatic nitrogens is 1. The first-order valence-electron chi connectivity index (χ1n) is 7.69. The number of hydrogen-bond acceptors (Lipinski definition) is 7. The van der Waals surface area contributed by atoms with Crippen LogP contribution in [0.3, 0.4) is 0 Å². The van der Waals surface area contributed by atoms with Crippen LogP contribution in [0.4, 0.5) is 5.69 Å². The molecule has 3 aromatic rings. The number of nitrogens with one attached hydrogen (secondary N) is 1. The number of rotatable bonds is 6. The van der Waals surface area contributed by atoms with Crippen molar-refractivity contribution in [3.05, 3.63) is 54.2 Å². The second-order valence-corrected chi connectivity index (χ2v) is 7.42. The molecule has 10 heteroatoms. The van der Waals surface area contributed by atoms with Crippen LogP contribution in [-0.2, 0) is 21.3 Å². The van der Waals surface area contributed by atoms with E-state index in [1.165, 1.54) is 12.1 Å². The number of thiol groups is 1. The van der Waals surface area contributed by atoms with Crippen molar-refractivity contribution >= 4 is 45.3 Å². The topological polar surface area (TPSA) is 112 Å². The minimum absolute atomic E-state index is 0. The maximum absolute atomic E-state index is 12.5. The van der Waals surface area contributed by atoms with E-state index in [0.29, 0.717) is 29.1 Å². The molecule has 1 aromatic heterocycles. The molecule has 0 bridgehead atoms. The minimum Gasteiger partial charge on any atom is -0.744 e. The van der Waals surface area contributed by atoms with Crippen LogP contribution in [0.2, 0.25) is 0 Å². The molecule has 0 saturated heterocycles. The van der Waals surface area contributed by atoms with Crippen LogP contribution in [0.1, 0.15) is 5.69 Å². The van der Waals surface area contributed by atoms with Gasteiger partial charge in [0.05, 0.1) is 16.5 Å². The van der Waals surface area contributed by atoms with Crippen molar-refractivity contribution in [2.45, 2.75) is 11.3 Å². The van der Waals surface area contributed by atoms with Gasteiger partial charge in [0.15, 0.2) is 5.58 Å². The third kappa shape index (κ3) is 5.34. The number of nitrogens with zero attached hydrogens (tertiary/aromatic N) is 1. The van der Waals surface area contributed by atoms with Crippen LogP contribution in [0.25, 0.3) is 11.0 Å². The number of carbonyl (C=O) groups excluding carboxylic acids is 1. The van der Waals surface area contributed by atoms with Crippen LogP contribution >= 0.6 is 12.6 Å². The van der Waals surface area contributed by atoms with E-state index in [1.807, 2.05) is 18.2 Å². The summed E-state index contributed by atoms with van der Waals surface area (Å²) in [4.78, 5) is 12.1. The first-order chi connectivity index (χ1) is 12.4. The SMILES string of the molecule is O=C(Nc1ccc(S(=O)(=O)[O-])cc1)C(CS)Cc1noc2ccccc12.[Na+]. The van der Waals surface area contributed by atoms with Crippen molar-refractivity contribution in [3.8, 4) is 0 Å². The quantitative estimate of drug-likeness (QED) is 0.318. The maximum Gasteiger partial charge on any atom is 1.00 e. The van der Waals surface area contributed by atoms with E-state index >= 15 is 0 Å². The van der Waals surface area contributed by atoms with Gasteiger partial charge in [-0.1, -0.05) is 17.3 Å². The molecule has 1 unspecified atom stereocenters. The summed E-state index contributed by atoms with van der Waals surface area (Å²) in [6.07, 6.45) is 0.347.